The van der Waals surface area contributed by atoms with Gasteiger partial charge < -0.3 is 24.4 Å². The molecule has 2 aromatic rings. The Kier molecular flexibility index (Phi) is 8.62. The number of nitrogens with one attached hydrogen (secondary N) is 1. The number of aliphatic carboxylic acids is 1. The maximum atomic E-state index is 12.9. The van der Waals surface area contributed by atoms with Crippen molar-refractivity contribution in [3.8, 4) is 11.3 Å². The van der Waals surface area contributed by atoms with E-state index in [2.05, 4.69) is 10.5 Å². The van der Waals surface area contributed by atoms with Gasteiger partial charge in [-0.2, -0.15) is 0 Å². The predicted octanol–water partition coefficient (Wildman–Crippen LogP) is -2.10. The number of hydrogen-bond donors (Lipinski definition) is 3. The Labute approximate surface area is 221 Å². The third-order valence-electron chi connectivity index (χ3n) is 5.10. The third-order valence-corrected chi connectivity index (χ3v) is 6.67. The third kappa shape index (κ3) is 5.82. The molecule has 0 spiro atoms. The molecule has 2 saturated heterocycles. The molecule has 34 heavy (non-hydrogen) atoms. The number of hydrogen-bond acceptors (Lipinski definition) is 9. The Morgan fingerprint density at radius 3 is 2.35 bits per heavy atom. The number of fused-ring (bicyclic) bond motifs is 1. The molecule has 178 valence electrons. The van der Waals surface area contributed by atoms with Crippen LogP contribution in [0.15, 0.2) is 34.9 Å². The fourth-order valence-electron chi connectivity index (χ4n) is 3.79. The number of carboxylic acids is 1. The number of aryl methyl sites for hydroxylation is 1. The molecule has 0 aliphatic carbocycles. The largest absolute Gasteiger partial charge is 1.00 e. The molecule has 0 unspecified atom stereocenters. The molecule has 0 bridgehead atoms. The van der Waals surface area contributed by atoms with Crippen LogP contribution in [0.25, 0.3) is 11.3 Å². The fraction of sp³-hybridized carbons (Fsp3) is 0.368. The molecule has 2 aliphatic heterocycles. The average molecular weight is 522 g/mol. The standard InChI is InChI=1S/C19H19N3O5S.Na.H2O4S/c1-9-11(12(21-27-9)10-7-5-4-6-8-10)15(23)20-13-16(24)22-14(18(25)26)19(2,3)28-17(13)22;;1-5(2,3)4/h4-8,13-14,17H,1-3H3,(H,20,23)(H,25,26);;(H2,1,2,3,4)/q;+1;/p-1/t13-,14+,17-;;/m1../s1. The zero-order chi connectivity index (χ0) is 24.7. The zero-order valence-electron chi connectivity index (χ0n) is 18.6. The summed E-state index contributed by atoms with van der Waals surface area (Å²) in [4.78, 5) is 38.5. The molecule has 0 radical (unpaired) electrons. The summed E-state index contributed by atoms with van der Waals surface area (Å²) in [5.41, 5.74) is 1.41. The van der Waals surface area contributed by atoms with Gasteiger partial charge >= 0.3 is 35.5 Å². The summed E-state index contributed by atoms with van der Waals surface area (Å²) in [5, 5.41) is 15.8. The van der Waals surface area contributed by atoms with Gasteiger partial charge in [0.1, 0.15) is 34.5 Å². The van der Waals surface area contributed by atoms with Crippen molar-refractivity contribution in [3.63, 3.8) is 0 Å². The minimum atomic E-state index is -4.92. The summed E-state index contributed by atoms with van der Waals surface area (Å²) in [5.74, 6) is -1.55. The number of carbonyl (C=O) groups is 3. The van der Waals surface area contributed by atoms with Gasteiger partial charge in [0.05, 0.1) is 0 Å². The summed E-state index contributed by atoms with van der Waals surface area (Å²) in [7, 11) is -4.92. The Morgan fingerprint density at radius 1 is 1.26 bits per heavy atom. The molecule has 1 aromatic carbocycles. The van der Waals surface area contributed by atoms with Crippen molar-refractivity contribution in [2.75, 3.05) is 0 Å². The quantitative estimate of drug-likeness (QED) is 0.173. The second-order valence-corrected chi connectivity index (χ2v) is 10.4. The Bertz CT molecular complexity index is 1190. The van der Waals surface area contributed by atoms with E-state index in [4.69, 9.17) is 22.0 Å². The number of aromatic nitrogens is 1. The normalized spacial score (nSPS) is 22.4. The van der Waals surface area contributed by atoms with E-state index in [9.17, 15) is 19.5 Å². The van der Waals surface area contributed by atoms with Crippen molar-refractivity contribution in [2.24, 2.45) is 0 Å². The van der Waals surface area contributed by atoms with Crippen molar-refractivity contribution >= 4 is 39.9 Å². The summed E-state index contributed by atoms with van der Waals surface area (Å²) in [6, 6.07) is 7.46. The first-order valence-corrected chi connectivity index (χ1v) is 11.7. The minimum Gasteiger partial charge on any atom is -0.726 e. The summed E-state index contributed by atoms with van der Waals surface area (Å²) in [6.07, 6.45) is 0. The monoisotopic (exact) mass is 521 g/mol. The summed E-state index contributed by atoms with van der Waals surface area (Å²) < 4.78 is 37.4. The van der Waals surface area contributed by atoms with Crippen LogP contribution in [0.3, 0.4) is 0 Å². The van der Waals surface area contributed by atoms with Crippen molar-refractivity contribution in [3.05, 3.63) is 41.7 Å². The van der Waals surface area contributed by atoms with Crippen LogP contribution in [0.2, 0.25) is 0 Å². The van der Waals surface area contributed by atoms with Gasteiger partial charge in [-0.15, -0.1) is 11.8 Å². The van der Waals surface area contributed by atoms with Crippen LogP contribution in [-0.4, -0.2) is 72.7 Å². The van der Waals surface area contributed by atoms with Crippen molar-refractivity contribution in [1.29, 1.82) is 0 Å². The van der Waals surface area contributed by atoms with Gasteiger partial charge in [0.25, 0.3) is 5.91 Å². The summed E-state index contributed by atoms with van der Waals surface area (Å²) in [6.45, 7) is 5.22. The van der Waals surface area contributed by atoms with E-state index < -0.39 is 44.5 Å². The topological polar surface area (TPSA) is 190 Å². The van der Waals surface area contributed by atoms with E-state index in [0.717, 1.165) is 5.56 Å². The SMILES string of the molecule is Cc1onc(-c2ccccc2)c1C(=O)N[C@@H]1C(=O)N2[C@@H]1SC(C)(C)[C@@H]2C(=O)O.O=S(=O)([O-])O.[Na+]. The number of carboxylic acid groups (broad SMARTS) is 1. The minimum absolute atomic E-state index is 0. The van der Waals surface area contributed by atoms with Crippen molar-refractivity contribution in [1.82, 2.24) is 15.4 Å². The van der Waals surface area contributed by atoms with Gasteiger partial charge in [0.15, 0.2) is 0 Å². The number of β-lactam (4-membered cyclic amide) rings is 1. The van der Waals surface area contributed by atoms with Gasteiger partial charge in [-0.05, 0) is 20.8 Å². The molecule has 0 saturated carbocycles. The first-order valence-electron chi connectivity index (χ1n) is 9.46. The van der Waals surface area contributed by atoms with Crippen LogP contribution in [0.1, 0.15) is 30.0 Å². The van der Waals surface area contributed by atoms with Crippen LogP contribution >= 0.6 is 11.8 Å². The van der Waals surface area contributed by atoms with E-state index in [-0.39, 0.29) is 41.0 Å². The Balaban J connectivity index is 0.000000619. The maximum absolute atomic E-state index is 12.9. The molecule has 3 N–H and O–H groups in total. The summed E-state index contributed by atoms with van der Waals surface area (Å²) >= 11 is 1.38. The number of benzene rings is 1. The van der Waals surface area contributed by atoms with Gasteiger partial charge in [0.2, 0.25) is 16.3 Å². The second-order valence-electron chi connectivity index (χ2n) is 7.81. The number of thioether (sulfide) groups is 1. The van der Waals surface area contributed by atoms with Gasteiger partial charge in [-0.3, -0.25) is 14.1 Å². The molecule has 4 rings (SSSR count). The smallest absolute Gasteiger partial charge is 0.726 e. The van der Waals surface area contributed by atoms with Crippen LogP contribution in [0.5, 0.6) is 0 Å². The van der Waals surface area contributed by atoms with Crippen LogP contribution in [-0.2, 0) is 20.0 Å². The molecule has 2 fully saturated rings. The molecule has 12 nitrogen and oxygen atoms in total. The Hall–Kier alpha value is -1.94. The number of nitrogens with zero attached hydrogens (tertiary/aromatic N) is 2. The molecule has 2 amide bonds. The van der Waals surface area contributed by atoms with E-state index >= 15 is 0 Å². The van der Waals surface area contributed by atoms with Crippen LogP contribution in [0.4, 0.5) is 0 Å². The molecule has 3 heterocycles. The maximum Gasteiger partial charge on any atom is 1.00 e. The predicted molar refractivity (Wildman–Crippen MR) is 114 cm³/mol. The van der Waals surface area contributed by atoms with E-state index in [1.165, 1.54) is 16.7 Å². The van der Waals surface area contributed by atoms with Gasteiger partial charge in [-0.1, -0.05) is 35.5 Å². The molecule has 1 aromatic heterocycles. The zero-order valence-corrected chi connectivity index (χ0v) is 22.2. The second kappa shape index (κ2) is 10.4. The van der Waals surface area contributed by atoms with Gasteiger partial charge in [0, 0.05) is 10.3 Å². The van der Waals surface area contributed by atoms with Crippen molar-refractivity contribution in [2.45, 2.75) is 43.0 Å². The molecular weight excluding hydrogens is 501 g/mol. The number of amides is 2. The fourth-order valence-corrected chi connectivity index (χ4v) is 5.42. The van der Waals surface area contributed by atoms with Gasteiger partial charge in [-0.25, -0.2) is 13.2 Å². The molecular formula is C19H20N3NaO9S2. The van der Waals surface area contributed by atoms with E-state index in [1.54, 1.807) is 20.8 Å². The average Bonchev–Trinajstić information content (AvgIpc) is 3.20. The van der Waals surface area contributed by atoms with Crippen LogP contribution in [0, 0.1) is 6.92 Å². The van der Waals surface area contributed by atoms with E-state index in [1.807, 2.05) is 30.3 Å². The number of rotatable bonds is 4. The number of carbonyl (C=O) groups excluding carboxylic acids is 2. The molecule has 15 heteroatoms. The van der Waals surface area contributed by atoms with Crippen molar-refractivity contribution < 1.29 is 71.1 Å². The van der Waals surface area contributed by atoms with Crippen LogP contribution < -0.4 is 34.9 Å². The van der Waals surface area contributed by atoms with E-state index in [0.29, 0.717) is 11.5 Å². The Morgan fingerprint density at radius 2 is 1.82 bits per heavy atom. The molecule has 2 aliphatic rings. The first-order chi connectivity index (χ1) is 15.2. The molecule has 3 atom stereocenters. The first kappa shape index (κ1) is 28.3.